The second-order valence-corrected chi connectivity index (χ2v) is 5.14. The van der Waals surface area contributed by atoms with Crippen LogP contribution in [-0.4, -0.2) is 18.0 Å². The summed E-state index contributed by atoms with van der Waals surface area (Å²) in [6.07, 6.45) is 1.02. The molecule has 0 aliphatic heterocycles. The molecule has 8 heteroatoms. The number of carbonyl (C=O) groups excluding carboxylic acids is 2. The lowest BCUT2D eigenvalue weighted by Crippen LogP contribution is -2.32. The molecule has 2 rings (SSSR count). The number of carbonyl (C=O) groups is 2. The highest BCUT2D eigenvalue weighted by molar-refractivity contribution is 6.40. The van der Waals surface area contributed by atoms with Crippen LogP contribution in [0.3, 0.4) is 0 Å². The van der Waals surface area contributed by atoms with E-state index in [1.807, 2.05) is 5.43 Å². The fraction of sp³-hybridized carbons (Fsp3) is 0. The van der Waals surface area contributed by atoms with Gasteiger partial charge in [-0.3, -0.25) is 9.59 Å². The van der Waals surface area contributed by atoms with Crippen LogP contribution in [-0.2, 0) is 9.59 Å². The van der Waals surface area contributed by atoms with Gasteiger partial charge in [0, 0.05) is 16.3 Å². The molecule has 0 saturated heterocycles. The molecule has 2 N–H and O–H groups in total. The summed E-state index contributed by atoms with van der Waals surface area (Å²) >= 11 is 11.6. The summed E-state index contributed by atoms with van der Waals surface area (Å²) in [6.45, 7) is 0. The van der Waals surface area contributed by atoms with Gasteiger partial charge < -0.3 is 5.32 Å². The molecular weight excluding hydrogens is 344 g/mol. The lowest BCUT2D eigenvalue weighted by molar-refractivity contribution is -0.136. The highest BCUT2D eigenvalue weighted by Gasteiger charge is 2.13. The van der Waals surface area contributed by atoms with Gasteiger partial charge in [-0.1, -0.05) is 35.3 Å². The minimum Gasteiger partial charge on any atom is -0.318 e. The summed E-state index contributed by atoms with van der Waals surface area (Å²) in [5.41, 5.74) is 2.34. The molecule has 2 amide bonds. The molecule has 0 heterocycles. The van der Waals surface area contributed by atoms with Crippen LogP contribution in [0.25, 0.3) is 0 Å². The third-order valence-electron chi connectivity index (χ3n) is 2.65. The lowest BCUT2D eigenvalue weighted by atomic mass is 10.2. The first-order chi connectivity index (χ1) is 11.0. The van der Waals surface area contributed by atoms with Crippen LogP contribution in [0.1, 0.15) is 5.56 Å². The average molecular weight is 354 g/mol. The first-order valence-electron chi connectivity index (χ1n) is 6.31. The van der Waals surface area contributed by atoms with Gasteiger partial charge in [0.1, 0.15) is 5.82 Å². The van der Waals surface area contributed by atoms with Gasteiger partial charge in [0.2, 0.25) is 0 Å². The molecule has 0 aromatic heterocycles. The molecule has 118 valence electrons. The maximum Gasteiger partial charge on any atom is 0.329 e. The van der Waals surface area contributed by atoms with E-state index in [-0.39, 0.29) is 10.6 Å². The van der Waals surface area contributed by atoms with E-state index in [0.29, 0.717) is 10.7 Å². The van der Waals surface area contributed by atoms with Crippen LogP contribution in [0.4, 0.5) is 10.1 Å². The average Bonchev–Trinajstić information content (AvgIpc) is 2.50. The number of nitrogens with one attached hydrogen (secondary N) is 2. The number of rotatable bonds is 3. The fourth-order valence-corrected chi connectivity index (χ4v) is 2.00. The molecule has 0 spiro atoms. The Kier molecular flexibility index (Phi) is 5.67. The number of hydrazone groups is 1. The molecule has 0 aliphatic rings. The molecule has 0 bridgehead atoms. The fourth-order valence-electron chi connectivity index (χ4n) is 1.59. The number of halogens is 3. The molecular formula is C15H10Cl2FN3O2. The van der Waals surface area contributed by atoms with Gasteiger partial charge >= 0.3 is 11.8 Å². The summed E-state index contributed by atoms with van der Waals surface area (Å²) in [4.78, 5) is 23.3. The molecule has 0 atom stereocenters. The van der Waals surface area contributed by atoms with Crippen molar-refractivity contribution < 1.29 is 14.0 Å². The lowest BCUT2D eigenvalue weighted by Gasteiger charge is -2.04. The highest BCUT2D eigenvalue weighted by atomic mass is 35.5. The normalized spacial score (nSPS) is 10.6. The number of hydrogen-bond donors (Lipinski definition) is 2. The van der Waals surface area contributed by atoms with Gasteiger partial charge in [-0.2, -0.15) is 5.10 Å². The minimum absolute atomic E-state index is 0.00437. The molecule has 0 radical (unpaired) electrons. The largest absolute Gasteiger partial charge is 0.329 e. The second kappa shape index (κ2) is 7.71. The number of benzene rings is 2. The Hall–Kier alpha value is -2.44. The molecule has 2 aromatic rings. The molecule has 23 heavy (non-hydrogen) atoms. The number of amides is 2. The topological polar surface area (TPSA) is 70.6 Å². The van der Waals surface area contributed by atoms with Gasteiger partial charge in [0.05, 0.1) is 11.2 Å². The van der Waals surface area contributed by atoms with Crippen LogP contribution >= 0.6 is 23.2 Å². The Morgan fingerprint density at radius 2 is 1.83 bits per heavy atom. The maximum absolute atomic E-state index is 13.5. The van der Waals surface area contributed by atoms with Crippen molar-refractivity contribution in [1.82, 2.24) is 5.43 Å². The van der Waals surface area contributed by atoms with E-state index in [1.54, 1.807) is 18.2 Å². The summed E-state index contributed by atoms with van der Waals surface area (Å²) in [5.74, 6) is -2.56. The van der Waals surface area contributed by atoms with E-state index in [1.165, 1.54) is 24.3 Å². The van der Waals surface area contributed by atoms with Crippen LogP contribution in [0, 0.1) is 5.82 Å². The van der Waals surface area contributed by atoms with Crippen molar-refractivity contribution >= 4 is 46.9 Å². The van der Waals surface area contributed by atoms with E-state index in [9.17, 15) is 14.0 Å². The Bertz CT molecular complexity index is 761. The first kappa shape index (κ1) is 16.9. The van der Waals surface area contributed by atoms with Crippen LogP contribution < -0.4 is 10.7 Å². The number of hydrogen-bond acceptors (Lipinski definition) is 3. The summed E-state index contributed by atoms with van der Waals surface area (Å²) < 4.78 is 13.5. The Morgan fingerprint density at radius 3 is 2.52 bits per heavy atom. The standard InChI is InChI=1S/C15H10Cl2FN3O2/c16-9-3-1-4-10(7-9)20-14(22)15(23)21-19-8-11-12(17)5-2-6-13(11)18/h1-8H,(H,20,22)(H,21,23)/b19-8+. The molecule has 0 aliphatic carbocycles. The Balaban J connectivity index is 1.96. The number of nitrogens with zero attached hydrogens (tertiary/aromatic N) is 1. The van der Waals surface area contributed by atoms with Crippen molar-refractivity contribution in [3.63, 3.8) is 0 Å². The Morgan fingerprint density at radius 1 is 1.09 bits per heavy atom. The summed E-state index contributed by atoms with van der Waals surface area (Å²) in [7, 11) is 0. The van der Waals surface area contributed by atoms with Crippen molar-refractivity contribution in [2.24, 2.45) is 5.10 Å². The zero-order valence-corrected chi connectivity index (χ0v) is 13.0. The first-order valence-corrected chi connectivity index (χ1v) is 7.07. The zero-order chi connectivity index (χ0) is 16.8. The predicted octanol–water partition coefficient (Wildman–Crippen LogP) is 3.22. The third kappa shape index (κ3) is 4.77. The van der Waals surface area contributed by atoms with Crippen LogP contribution in [0.2, 0.25) is 10.0 Å². The molecule has 0 saturated carbocycles. The molecule has 5 nitrogen and oxygen atoms in total. The maximum atomic E-state index is 13.5. The van der Waals surface area contributed by atoms with Crippen molar-refractivity contribution in [2.75, 3.05) is 5.32 Å². The van der Waals surface area contributed by atoms with E-state index in [2.05, 4.69) is 10.4 Å². The summed E-state index contributed by atoms with van der Waals surface area (Å²) in [5, 5.41) is 6.40. The van der Waals surface area contributed by atoms with Crippen molar-refractivity contribution in [1.29, 1.82) is 0 Å². The monoisotopic (exact) mass is 353 g/mol. The van der Waals surface area contributed by atoms with E-state index in [4.69, 9.17) is 23.2 Å². The zero-order valence-electron chi connectivity index (χ0n) is 11.5. The van der Waals surface area contributed by atoms with Gasteiger partial charge in [-0.15, -0.1) is 0 Å². The van der Waals surface area contributed by atoms with Crippen LogP contribution in [0.5, 0.6) is 0 Å². The van der Waals surface area contributed by atoms with E-state index >= 15 is 0 Å². The number of anilines is 1. The van der Waals surface area contributed by atoms with E-state index < -0.39 is 17.6 Å². The predicted molar refractivity (Wildman–Crippen MR) is 87.2 cm³/mol. The molecule has 0 unspecified atom stereocenters. The third-order valence-corrected chi connectivity index (χ3v) is 3.21. The quantitative estimate of drug-likeness (QED) is 0.505. The van der Waals surface area contributed by atoms with Gasteiger partial charge in [-0.25, -0.2) is 9.82 Å². The Labute approximate surface area is 141 Å². The molecule has 2 aromatic carbocycles. The van der Waals surface area contributed by atoms with Crippen molar-refractivity contribution in [3.05, 3.63) is 63.9 Å². The van der Waals surface area contributed by atoms with Crippen LogP contribution in [0.15, 0.2) is 47.6 Å². The minimum atomic E-state index is -1.02. The van der Waals surface area contributed by atoms with Gasteiger partial charge in [-0.05, 0) is 30.3 Å². The summed E-state index contributed by atoms with van der Waals surface area (Å²) in [6, 6.07) is 10.4. The highest BCUT2D eigenvalue weighted by Crippen LogP contribution is 2.16. The van der Waals surface area contributed by atoms with Gasteiger partial charge in [0.25, 0.3) is 0 Å². The smallest absolute Gasteiger partial charge is 0.318 e. The van der Waals surface area contributed by atoms with E-state index in [0.717, 1.165) is 6.21 Å². The van der Waals surface area contributed by atoms with Crippen molar-refractivity contribution in [2.45, 2.75) is 0 Å². The van der Waals surface area contributed by atoms with Gasteiger partial charge in [0.15, 0.2) is 0 Å². The SMILES string of the molecule is O=C(N/N=C/c1c(F)cccc1Cl)C(=O)Nc1cccc(Cl)c1. The second-order valence-electron chi connectivity index (χ2n) is 4.30. The van der Waals surface area contributed by atoms with Crippen molar-refractivity contribution in [3.8, 4) is 0 Å². The molecule has 0 fully saturated rings.